The Kier molecular flexibility index (Phi) is 3.69. The summed E-state index contributed by atoms with van der Waals surface area (Å²) in [6, 6.07) is 15.2. The Morgan fingerprint density at radius 1 is 1.08 bits per heavy atom. The molecule has 1 saturated heterocycles. The Labute approximate surface area is 148 Å². The summed E-state index contributed by atoms with van der Waals surface area (Å²) in [5.74, 6) is 0.290. The van der Waals surface area contributed by atoms with Gasteiger partial charge in [0.05, 0.1) is 0 Å². The molecular formula is C21H22ClNO. The highest BCUT2D eigenvalue weighted by molar-refractivity contribution is 6.30. The van der Waals surface area contributed by atoms with Gasteiger partial charge in [0, 0.05) is 29.9 Å². The van der Waals surface area contributed by atoms with E-state index in [-0.39, 0.29) is 5.41 Å². The van der Waals surface area contributed by atoms with E-state index in [4.69, 9.17) is 11.6 Å². The number of benzene rings is 2. The number of carbonyl (C=O) groups excluding carboxylic acids is 1. The first-order valence-corrected chi connectivity index (χ1v) is 9.02. The molecule has 0 saturated carbocycles. The standard InChI is InChI=1S/C21H22ClNO/c1-21-12-11-20(24)23(2)19(21)10-6-16-13-15(5-9-18(16)21)14-3-7-17(22)8-4-14/h3-5,7-9,13,19H,6,10-12H2,1-2H3/t19?,21-/m1/s1. The molecule has 0 radical (unpaired) electrons. The minimum absolute atomic E-state index is 0.0781. The summed E-state index contributed by atoms with van der Waals surface area (Å²) in [7, 11) is 1.97. The first-order chi connectivity index (χ1) is 11.5. The number of amides is 1. The predicted octanol–water partition coefficient (Wildman–Crippen LogP) is 4.83. The lowest BCUT2D eigenvalue weighted by molar-refractivity contribution is -0.138. The van der Waals surface area contributed by atoms with Crippen LogP contribution in [0.3, 0.4) is 0 Å². The Bertz CT molecular complexity index is 798. The molecule has 24 heavy (non-hydrogen) atoms. The molecule has 1 heterocycles. The van der Waals surface area contributed by atoms with E-state index in [1.165, 1.54) is 22.3 Å². The SMILES string of the molecule is CN1C(=O)CC[C@]2(C)c3ccc(-c4ccc(Cl)cc4)cc3CCC12. The summed E-state index contributed by atoms with van der Waals surface area (Å²) in [5.41, 5.74) is 5.38. The van der Waals surface area contributed by atoms with Crippen molar-refractivity contribution in [3.8, 4) is 11.1 Å². The zero-order valence-corrected chi connectivity index (χ0v) is 14.9. The van der Waals surface area contributed by atoms with Gasteiger partial charge in [-0.1, -0.05) is 48.9 Å². The van der Waals surface area contributed by atoms with Gasteiger partial charge in [0.25, 0.3) is 0 Å². The number of piperidine rings is 1. The molecule has 0 bridgehead atoms. The number of halogens is 1. The van der Waals surface area contributed by atoms with E-state index >= 15 is 0 Å². The van der Waals surface area contributed by atoms with Crippen LogP contribution in [0.4, 0.5) is 0 Å². The molecule has 2 aromatic carbocycles. The van der Waals surface area contributed by atoms with E-state index in [1.54, 1.807) is 0 Å². The topological polar surface area (TPSA) is 20.3 Å². The number of carbonyl (C=O) groups is 1. The number of hydrogen-bond acceptors (Lipinski definition) is 1. The van der Waals surface area contributed by atoms with Crippen molar-refractivity contribution >= 4 is 17.5 Å². The highest BCUT2D eigenvalue weighted by Gasteiger charge is 2.46. The zero-order chi connectivity index (χ0) is 16.9. The molecule has 2 atom stereocenters. The average Bonchev–Trinajstić information content (AvgIpc) is 2.59. The van der Waals surface area contributed by atoms with E-state index in [0.29, 0.717) is 18.4 Å². The summed E-state index contributed by atoms with van der Waals surface area (Å²) in [6.45, 7) is 2.33. The second-order valence-electron chi connectivity index (χ2n) is 7.36. The number of likely N-dealkylation sites (tertiary alicyclic amines) is 1. The minimum Gasteiger partial charge on any atom is -0.342 e. The van der Waals surface area contributed by atoms with Gasteiger partial charge in [0.2, 0.25) is 5.91 Å². The first kappa shape index (κ1) is 15.7. The van der Waals surface area contributed by atoms with Crippen LogP contribution in [0.15, 0.2) is 42.5 Å². The number of aryl methyl sites for hydroxylation is 1. The first-order valence-electron chi connectivity index (χ1n) is 8.64. The smallest absolute Gasteiger partial charge is 0.222 e. The largest absolute Gasteiger partial charge is 0.342 e. The molecule has 1 aliphatic carbocycles. The van der Waals surface area contributed by atoms with Crippen LogP contribution in [0.25, 0.3) is 11.1 Å². The molecule has 1 fully saturated rings. The van der Waals surface area contributed by atoms with E-state index in [2.05, 4.69) is 37.3 Å². The molecule has 1 amide bonds. The van der Waals surface area contributed by atoms with Crippen LogP contribution in [0.2, 0.25) is 5.02 Å². The predicted molar refractivity (Wildman–Crippen MR) is 98.4 cm³/mol. The molecule has 1 unspecified atom stereocenters. The van der Waals surface area contributed by atoms with Gasteiger partial charge in [-0.05, 0) is 53.6 Å². The summed E-state index contributed by atoms with van der Waals surface area (Å²) in [5, 5.41) is 0.766. The van der Waals surface area contributed by atoms with Gasteiger partial charge in [0.1, 0.15) is 0 Å². The van der Waals surface area contributed by atoms with E-state index in [9.17, 15) is 4.79 Å². The van der Waals surface area contributed by atoms with Crippen molar-refractivity contribution < 1.29 is 4.79 Å². The van der Waals surface area contributed by atoms with Crippen LogP contribution in [-0.4, -0.2) is 23.9 Å². The second-order valence-corrected chi connectivity index (χ2v) is 7.79. The van der Waals surface area contributed by atoms with Crippen LogP contribution in [0, 0.1) is 0 Å². The van der Waals surface area contributed by atoms with Gasteiger partial charge < -0.3 is 4.90 Å². The van der Waals surface area contributed by atoms with Crippen LogP contribution in [0.1, 0.15) is 37.3 Å². The second kappa shape index (κ2) is 5.63. The van der Waals surface area contributed by atoms with Crippen LogP contribution >= 0.6 is 11.6 Å². The van der Waals surface area contributed by atoms with Crippen LogP contribution < -0.4 is 0 Å². The average molecular weight is 340 g/mol. The van der Waals surface area contributed by atoms with Crippen molar-refractivity contribution in [3.05, 3.63) is 58.6 Å². The van der Waals surface area contributed by atoms with Crippen molar-refractivity contribution in [3.63, 3.8) is 0 Å². The quantitative estimate of drug-likeness (QED) is 0.728. The molecule has 2 aliphatic rings. The third-order valence-corrected chi connectivity index (χ3v) is 6.29. The van der Waals surface area contributed by atoms with Gasteiger partial charge in [-0.2, -0.15) is 0 Å². The molecule has 0 aromatic heterocycles. The molecular weight excluding hydrogens is 318 g/mol. The lowest BCUT2D eigenvalue weighted by Crippen LogP contribution is -2.56. The monoisotopic (exact) mass is 339 g/mol. The molecule has 1 aliphatic heterocycles. The Morgan fingerprint density at radius 2 is 1.79 bits per heavy atom. The molecule has 0 N–H and O–H groups in total. The molecule has 124 valence electrons. The highest BCUT2D eigenvalue weighted by atomic mass is 35.5. The highest BCUT2D eigenvalue weighted by Crippen LogP contribution is 2.46. The van der Waals surface area contributed by atoms with Gasteiger partial charge in [-0.3, -0.25) is 4.79 Å². The Hall–Kier alpha value is -1.80. The summed E-state index contributed by atoms with van der Waals surface area (Å²) in [6.07, 6.45) is 3.69. The van der Waals surface area contributed by atoms with Gasteiger partial charge in [-0.15, -0.1) is 0 Å². The Balaban J connectivity index is 1.74. The lowest BCUT2D eigenvalue weighted by atomic mass is 9.63. The zero-order valence-electron chi connectivity index (χ0n) is 14.2. The summed E-state index contributed by atoms with van der Waals surface area (Å²) >= 11 is 6.00. The van der Waals surface area contributed by atoms with Gasteiger partial charge >= 0.3 is 0 Å². The van der Waals surface area contributed by atoms with Gasteiger partial charge in [0.15, 0.2) is 0 Å². The number of likely N-dealkylation sites (N-methyl/N-ethyl adjacent to an activating group) is 1. The minimum atomic E-state index is 0.0781. The maximum atomic E-state index is 12.1. The normalized spacial score (nSPS) is 26.0. The summed E-state index contributed by atoms with van der Waals surface area (Å²) in [4.78, 5) is 14.1. The third-order valence-electron chi connectivity index (χ3n) is 6.04. The van der Waals surface area contributed by atoms with Crippen LogP contribution in [0.5, 0.6) is 0 Å². The number of nitrogens with zero attached hydrogens (tertiary/aromatic N) is 1. The fourth-order valence-corrected chi connectivity index (χ4v) is 4.73. The Morgan fingerprint density at radius 3 is 2.54 bits per heavy atom. The van der Waals surface area contributed by atoms with E-state index in [1.807, 2.05) is 24.1 Å². The maximum absolute atomic E-state index is 12.1. The molecule has 2 nitrogen and oxygen atoms in total. The van der Waals surface area contributed by atoms with Crippen molar-refractivity contribution in [2.75, 3.05) is 7.05 Å². The van der Waals surface area contributed by atoms with Gasteiger partial charge in [-0.25, -0.2) is 0 Å². The number of fused-ring (bicyclic) bond motifs is 3. The third kappa shape index (κ3) is 2.36. The summed E-state index contributed by atoms with van der Waals surface area (Å²) < 4.78 is 0. The number of hydrogen-bond donors (Lipinski definition) is 0. The fourth-order valence-electron chi connectivity index (χ4n) is 4.61. The maximum Gasteiger partial charge on any atom is 0.222 e. The number of rotatable bonds is 1. The molecule has 2 aromatic rings. The lowest BCUT2D eigenvalue weighted by Gasteiger charge is -2.50. The van der Waals surface area contributed by atoms with Crippen molar-refractivity contribution in [1.29, 1.82) is 0 Å². The molecule has 4 rings (SSSR count). The van der Waals surface area contributed by atoms with Crippen molar-refractivity contribution in [2.45, 2.75) is 44.1 Å². The molecule has 0 spiro atoms. The molecule has 3 heteroatoms. The van der Waals surface area contributed by atoms with Crippen molar-refractivity contribution in [1.82, 2.24) is 4.90 Å². The van der Waals surface area contributed by atoms with E-state index in [0.717, 1.165) is 24.3 Å². The fraction of sp³-hybridized carbons (Fsp3) is 0.381. The van der Waals surface area contributed by atoms with E-state index < -0.39 is 0 Å². The van der Waals surface area contributed by atoms with Crippen molar-refractivity contribution in [2.24, 2.45) is 0 Å². The van der Waals surface area contributed by atoms with Crippen LogP contribution in [-0.2, 0) is 16.6 Å².